The number of hydrogen-bond acceptors (Lipinski definition) is 6. The van der Waals surface area contributed by atoms with Gasteiger partial charge in [0.2, 0.25) is 0 Å². The maximum absolute atomic E-state index is 14.1. The van der Waals surface area contributed by atoms with Gasteiger partial charge in [-0.15, -0.1) is 11.8 Å². The maximum atomic E-state index is 14.1. The van der Waals surface area contributed by atoms with E-state index in [2.05, 4.69) is 0 Å². The molecule has 0 N–H and O–H groups in total. The quantitative estimate of drug-likeness (QED) is 0.383. The number of amides is 2. The third-order valence-electron chi connectivity index (χ3n) is 4.02. The maximum Gasteiger partial charge on any atom is 0.344 e. The topological polar surface area (TPSA) is 72.9 Å². The number of carbonyl (C=O) groups excluding carboxylic acids is 3. The highest BCUT2D eigenvalue weighted by atomic mass is 32.2. The Labute approximate surface area is 165 Å². The molecule has 1 heterocycles. The van der Waals surface area contributed by atoms with Gasteiger partial charge in [-0.3, -0.25) is 14.5 Å². The number of benzene rings is 2. The fourth-order valence-corrected chi connectivity index (χ4v) is 3.59. The first kappa shape index (κ1) is 19.9. The Morgan fingerprint density at radius 2 is 1.79 bits per heavy atom. The van der Waals surface area contributed by atoms with Crippen LogP contribution in [0.1, 0.15) is 27.6 Å². The first-order chi connectivity index (χ1) is 13.5. The Morgan fingerprint density at radius 1 is 1.11 bits per heavy atom. The van der Waals surface area contributed by atoms with E-state index in [0.717, 1.165) is 0 Å². The third kappa shape index (κ3) is 4.33. The minimum Gasteiger partial charge on any atom is -0.479 e. The molecule has 6 nitrogen and oxygen atoms in total. The zero-order valence-electron chi connectivity index (χ0n) is 15.1. The largest absolute Gasteiger partial charge is 0.479 e. The van der Waals surface area contributed by atoms with E-state index in [-0.39, 0.29) is 37.3 Å². The van der Waals surface area contributed by atoms with Gasteiger partial charge >= 0.3 is 5.97 Å². The summed E-state index contributed by atoms with van der Waals surface area (Å²) in [6.07, 6.45) is 0. The summed E-state index contributed by atoms with van der Waals surface area (Å²) in [6.45, 7) is 1.76. The zero-order valence-corrected chi connectivity index (χ0v) is 16.0. The molecule has 0 aliphatic carbocycles. The van der Waals surface area contributed by atoms with E-state index in [1.54, 1.807) is 37.3 Å². The number of thioether (sulfide) groups is 1. The molecule has 0 saturated heterocycles. The van der Waals surface area contributed by atoms with Gasteiger partial charge < -0.3 is 9.47 Å². The average molecular weight is 403 g/mol. The fraction of sp³-hybridized carbons (Fsp3) is 0.250. The highest BCUT2D eigenvalue weighted by Crippen LogP contribution is 2.27. The summed E-state index contributed by atoms with van der Waals surface area (Å²) >= 11 is 1.31. The molecule has 0 radical (unpaired) electrons. The molecule has 2 aromatic rings. The molecule has 8 heteroatoms. The van der Waals surface area contributed by atoms with E-state index in [9.17, 15) is 18.8 Å². The van der Waals surface area contributed by atoms with Crippen LogP contribution in [0.4, 0.5) is 4.39 Å². The molecule has 0 bridgehead atoms. The fourth-order valence-electron chi connectivity index (χ4n) is 2.72. The number of esters is 1. The number of fused-ring (bicyclic) bond motifs is 1. The summed E-state index contributed by atoms with van der Waals surface area (Å²) in [5.74, 6) is -1.41. The third-order valence-corrected chi connectivity index (χ3v) is 4.99. The molecular weight excluding hydrogens is 385 g/mol. The van der Waals surface area contributed by atoms with Crippen molar-refractivity contribution in [1.29, 1.82) is 0 Å². The molecule has 0 aromatic heterocycles. The number of halogens is 1. The molecule has 28 heavy (non-hydrogen) atoms. The molecule has 0 spiro atoms. The van der Waals surface area contributed by atoms with Crippen LogP contribution in [0, 0.1) is 5.82 Å². The minimum absolute atomic E-state index is 0.0437. The molecule has 2 amide bonds. The normalized spacial score (nSPS) is 12.9. The molecule has 0 unspecified atom stereocenters. The standard InChI is InChI=1S/C20H18FNO5S/c1-2-26-18(23)12-27-17-8-7-13(11-16(17)21)28-10-9-22-19(24)14-5-3-4-6-15(14)20(22)25/h3-8,11H,2,9-10,12H2,1H3. The number of carbonyl (C=O) groups is 3. The van der Waals surface area contributed by atoms with Gasteiger partial charge in [-0.2, -0.15) is 0 Å². The van der Waals surface area contributed by atoms with E-state index in [1.165, 1.54) is 28.8 Å². The second-order valence-electron chi connectivity index (χ2n) is 5.84. The van der Waals surface area contributed by atoms with E-state index in [1.807, 2.05) is 0 Å². The van der Waals surface area contributed by atoms with Crippen molar-refractivity contribution in [1.82, 2.24) is 4.90 Å². The Morgan fingerprint density at radius 3 is 2.39 bits per heavy atom. The Bertz CT molecular complexity index is 882. The number of ether oxygens (including phenoxy) is 2. The molecule has 0 atom stereocenters. The van der Waals surface area contributed by atoms with Gasteiger partial charge in [0.1, 0.15) is 0 Å². The van der Waals surface area contributed by atoms with Crippen LogP contribution in [-0.4, -0.2) is 48.2 Å². The summed E-state index contributed by atoms with van der Waals surface area (Å²) in [5.41, 5.74) is 0.818. The van der Waals surface area contributed by atoms with Gasteiger partial charge in [0.05, 0.1) is 17.7 Å². The SMILES string of the molecule is CCOC(=O)COc1ccc(SCCN2C(=O)c3ccccc3C2=O)cc1F. The Kier molecular flexibility index (Phi) is 6.30. The molecule has 1 aliphatic heterocycles. The molecule has 0 saturated carbocycles. The first-order valence-corrected chi connectivity index (χ1v) is 9.65. The van der Waals surface area contributed by atoms with Crippen LogP contribution in [0.2, 0.25) is 0 Å². The van der Waals surface area contributed by atoms with Gasteiger partial charge in [-0.1, -0.05) is 12.1 Å². The minimum atomic E-state index is -0.602. The number of hydrogen-bond donors (Lipinski definition) is 0. The summed E-state index contributed by atoms with van der Waals surface area (Å²) in [5, 5.41) is 0. The molecule has 1 aliphatic rings. The van der Waals surface area contributed by atoms with Crippen molar-refractivity contribution in [3.63, 3.8) is 0 Å². The lowest BCUT2D eigenvalue weighted by Crippen LogP contribution is -2.31. The van der Waals surface area contributed by atoms with Gasteiger partial charge in [0, 0.05) is 17.2 Å². The van der Waals surface area contributed by atoms with Gasteiger partial charge in [0.15, 0.2) is 18.2 Å². The highest BCUT2D eigenvalue weighted by Gasteiger charge is 2.34. The van der Waals surface area contributed by atoms with Crippen LogP contribution in [0.25, 0.3) is 0 Å². The lowest BCUT2D eigenvalue weighted by Gasteiger charge is -2.13. The molecule has 0 fully saturated rings. The van der Waals surface area contributed by atoms with Gasteiger partial charge in [-0.25, -0.2) is 9.18 Å². The van der Waals surface area contributed by atoms with E-state index in [4.69, 9.17) is 9.47 Å². The van der Waals surface area contributed by atoms with Gasteiger partial charge in [-0.05, 0) is 37.3 Å². The van der Waals surface area contributed by atoms with E-state index < -0.39 is 11.8 Å². The van der Waals surface area contributed by atoms with Crippen LogP contribution < -0.4 is 4.74 Å². The summed E-state index contributed by atoms with van der Waals surface area (Å²) in [7, 11) is 0. The Balaban J connectivity index is 1.53. The average Bonchev–Trinajstić information content (AvgIpc) is 2.93. The second-order valence-corrected chi connectivity index (χ2v) is 7.01. The zero-order chi connectivity index (χ0) is 20.1. The van der Waals surface area contributed by atoms with Gasteiger partial charge in [0.25, 0.3) is 11.8 Å². The highest BCUT2D eigenvalue weighted by molar-refractivity contribution is 7.99. The van der Waals surface area contributed by atoms with Crippen molar-refractivity contribution < 1.29 is 28.2 Å². The predicted molar refractivity (Wildman–Crippen MR) is 101 cm³/mol. The van der Waals surface area contributed by atoms with Crippen molar-refractivity contribution in [2.45, 2.75) is 11.8 Å². The monoisotopic (exact) mass is 403 g/mol. The Hall–Kier alpha value is -2.87. The van der Waals surface area contributed by atoms with Crippen molar-refractivity contribution >= 4 is 29.5 Å². The van der Waals surface area contributed by atoms with Crippen molar-refractivity contribution in [2.75, 3.05) is 25.5 Å². The molecule has 146 valence electrons. The van der Waals surface area contributed by atoms with Crippen molar-refractivity contribution in [2.24, 2.45) is 0 Å². The summed E-state index contributed by atoms with van der Waals surface area (Å²) < 4.78 is 23.9. The molecule has 2 aromatic carbocycles. The van der Waals surface area contributed by atoms with Crippen LogP contribution in [0.15, 0.2) is 47.4 Å². The van der Waals surface area contributed by atoms with Crippen molar-refractivity contribution in [3.8, 4) is 5.75 Å². The smallest absolute Gasteiger partial charge is 0.344 e. The van der Waals surface area contributed by atoms with Crippen LogP contribution in [0.5, 0.6) is 5.75 Å². The molecular formula is C20H18FNO5S. The number of rotatable bonds is 8. The summed E-state index contributed by atoms with van der Waals surface area (Å²) in [4.78, 5) is 37.7. The molecule has 3 rings (SSSR count). The van der Waals surface area contributed by atoms with E-state index in [0.29, 0.717) is 21.8 Å². The lowest BCUT2D eigenvalue weighted by atomic mass is 10.1. The lowest BCUT2D eigenvalue weighted by molar-refractivity contribution is -0.145. The first-order valence-electron chi connectivity index (χ1n) is 8.67. The summed E-state index contributed by atoms with van der Waals surface area (Å²) in [6, 6.07) is 11.1. The predicted octanol–water partition coefficient (Wildman–Crippen LogP) is 3.16. The van der Waals surface area contributed by atoms with Crippen LogP contribution in [0.3, 0.4) is 0 Å². The van der Waals surface area contributed by atoms with Crippen LogP contribution >= 0.6 is 11.8 Å². The van der Waals surface area contributed by atoms with Crippen LogP contribution in [-0.2, 0) is 9.53 Å². The number of nitrogens with zero attached hydrogens (tertiary/aromatic N) is 1. The number of imide groups is 1. The van der Waals surface area contributed by atoms with Crippen molar-refractivity contribution in [3.05, 3.63) is 59.4 Å². The van der Waals surface area contributed by atoms with E-state index >= 15 is 0 Å². The second kappa shape index (κ2) is 8.88.